The molecule has 0 amide bonds. The highest BCUT2D eigenvalue weighted by molar-refractivity contribution is 7.86. The van der Waals surface area contributed by atoms with E-state index in [1.807, 2.05) is 7.05 Å². The molecule has 3 rings (SSSR count). The Labute approximate surface area is 112 Å². The maximum absolute atomic E-state index is 12.6. The highest BCUT2D eigenvalue weighted by Gasteiger charge is 2.38. The van der Waals surface area contributed by atoms with Crippen molar-refractivity contribution in [2.75, 3.05) is 7.05 Å². The van der Waals surface area contributed by atoms with Gasteiger partial charge in [0.1, 0.15) is 0 Å². The van der Waals surface area contributed by atoms with Crippen LogP contribution in [0, 0.1) is 0 Å². The first-order valence-electron chi connectivity index (χ1n) is 6.99. The molecule has 1 aromatic carbocycles. The number of aryl methyl sites for hydroxylation is 2. The number of hydrogen-bond acceptors (Lipinski definition) is 2. The molecule has 0 saturated heterocycles. The molecule has 2 aliphatic rings. The SMILES string of the molecule is CCCC1C(NC)c2cc3c(cc2S1=O)CCC3. The van der Waals surface area contributed by atoms with Crippen LogP contribution in [0.3, 0.4) is 0 Å². The molecule has 1 N–H and O–H groups in total. The van der Waals surface area contributed by atoms with E-state index < -0.39 is 10.8 Å². The lowest BCUT2D eigenvalue weighted by Gasteiger charge is -2.17. The van der Waals surface area contributed by atoms with E-state index in [0.29, 0.717) is 0 Å². The normalized spacial score (nSPS) is 29.3. The molecular formula is C15H21NOS. The smallest absolute Gasteiger partial charge is 0.0589 e. The zero-order valence-electron chi connectivity index (χ0n) is 11.2. The van der Waals surface area contributed by atoms with E-state index in [2.05, 4.69) is 24.4 Å². The van der Waals surface area contributed by atoms with Crippen LogP contribution in [-0.4, -0.2) is 16.5 Å². The lowest BCUT2D eigenvalue weighted by molar-refractivity contribution is 0.534. The summed E-state index contributed by atoms with van der Waals surface area (Å²) in [5.41, 5.74) is 4.23. The van der Waals surface area contributed by atoms with Crippen molar-refractivity contribution in [3.8, 4) is 0 Å². The van der Waals surface area contributed by atoms with Crippen molar-refractivity contribution in [2.24, 2.45) is 0 Å². The van der Waals surface area contributed by atoms with Crippen molar-refractivity contribution in [3.05, 3.63) is 28.8 Å². The molecule has 0 bridgehead atoms. The van der Waals surface area contributed by atoms with Gasteiger partial charge >= 0.3 is 0 Å². The summed E-state index contributed by atoms with van der Waals surface area (Å²) in [6.07, 6.45) is 5.76. The van der Waals surface area contributed by atoms with Gasteiger partial charge in [0.25, 0.3) is 0 Å². The molecule has 1 aliphatic carbocycles. The lowest BCUT2D eigenvalue weighted by Crippen LogP contribution is -2.26. The monoisotopic (exact) mass is 263 g/mol. The zero-order chi connectivity index (χ0) is 12.7. The van der Waals surface area contributed by atoms with Crippen molar-refractivity contribution >= 4 is 10.8 Å². The van der Waals surface area contributed by atoms with Gasteiger partial charge in [-0.1, -0.05) is 19.4 Å². The van der Waals surface area contributed by atoms with Gasteiger partial charge in [0.2, 0.25) is 0 Å². The van der Waals surface area contributed by atoms with Crippen LogP contribution in [0.1, 0.15) is 48.9 Å². The molecule has 2 nitrogen and oxygen atoms in total. The van der Waals surface area contributed by atoms with E-state index in [1.54, 1.807) is 0 Å². The Morgan fingerprint density at radius 3 is 2.72 bits per heavy atom. The lowest BCUT2D eigenvalue weighted by atomic mass is 9.97. The Morgan fingerprint density at radius 2 is 2.06 bits per heavy atom. The Balaban J connectivity index is 2.06. The summed E-state index contributed by atoms with van der Waals surface area (Å²) in [4.78, 5) is 1.11. The molecule has 1 aliphatic heterocycles. The average molecular weight is 263 g/mol. The fourth-order valence-corrected chi connectivity index (χ4v) is 5.41. The minimum Gasteiger partial charge on any atom is -0.312 e. The van der Waals surface area contributed by atoms with E-state index in [4.69, 9.17) is 0 Å². The molecule has 98 valence electrons. The van der Waals surface area contributed by atoms with Crippen LogP contribution in [0.15, 0.2) is 17.0 Å². The second-order valence-corrected chi connectivity index (χ2v) is 7.04. The van der Waals surface area contributed by atoms with Gasteiger partial charge < -0.3 is 5.32 Å². The van der Waals surface area contributed by atoms with Crippen LogP contribution >= 0.6 is 0 Å². The van der Waals surface area contributed by atoms with Gasteiger partial charge in [0.05, 0.1) is 16.0 Å². The average Bonchev–Trinajstić information content (AvgIpc) is 2.92. The Bertz CT molecular complexity index is 498. The molecular weight excluding hydrogens is 242 g/mol. The fraction of sp³-hybridized carbons (Fsp3) is 0.600. The van der Waals surface area contributed by atoms with Gasteiger partial charge in [0.15, 0.2) is 0 Å². The Morgan fingerprint density at radius 1 is 1.33 bits per heavy atom. The number of fused-ring (bicyclic) bond motifs is 2. The van der Waals surface area contributed by atoms with E-state index in [1.165, 1.54) is 36.0 Å². The second kappa shape index (κ2) is 4.78. The molecule has 0 saturated carbocycles. The number of rotatable bonds is 3. The highest BCUT2D eigenvalue weighted by Crippen LogP contribution is 2.41. The summed E-state index contributed by atoms with van der Waals surface area (Å²) in [7, 11) is 1.17. The summed E-state index contributed by atoms with van der Waals surface area (Å²) in [5.74, 6) is 0. The van der Waals surface area contributed by atoms with Crippen molar-refractivity contribution in [1.82, 2.24) is 5.32 Å². The molecule has 3 atom stereocenters. The Hall–Kier alpha value is -0.670. The van der Waals surface area contributed by atoms with Gasteiger partial charge in [-0.15, -0.1) is 0 Å². The van der Waals surface area contributed by atoms with E-state index in [-0.39, 0.29) is 11.3 Å². The molecule has 1 aromatic rings. The van der Waals surface area contributed by atoms with Crippen LogP contribution in [0.4, 0.5) is 0 Å². The summed E-state index contributed by atoms with van der Waals surface area (Å²) in [5, 5.41) is 3.65. The van der Waals surface area contributed by atoms with Gasteiger partial charge in [0, 0.05) is 10.9 Å². The number of benzene rings is 1. The fourth-order valence-electron chi connectivity index (χ4n) is 3.42. The summed E-state index contributed by atoms with van der Waals surface area (Å²) >= 11 is 0. The van der Waals surface area contributed by atoms with E-state index in [0.717, 1.165) is 17.7 Å². The van der Waals surface area contributed by atoms with Gasteiger partial charge in [-0.3, -0.25) is 4.21 Å². The van der Waals surface area contributed by atoms with Gasteiger partial charge in [-0.2, -0.15) is 0 Å². The topological polar surface area (TPSA) is 29.1 Å². The molecule has 0 fully saturated rings. The van der Waals surface area contributed by atoms with Crippen LogP contribution in [0.5, 0.6) is 0 Å². The molecule has 3 heteroatoms. The molecule has 0 aromatic heterocycles. The molecule has 18 heavy (non-hydrogen) atoms. The largest absolute Gasteiger partial charge is 0.312 e. The van der Waals surface area contributed by atoms with Crippen molar-refractivity contribution in [2.45, 2.75) is 55.2 Å². The first-order chi connectivity index (χ1) is 8.76. The molecule has 3 unspecified atom stereocenters. The maximum atomic E-state index is 12.6. The van der Waals surface area contributed by atoms with Crippen molar-refractivity contribution in [1.29, 1.82) is 0 Å². The third-order valence-corrected chi connectivity index (χ3v) is 6.15. The van der Waals surface area contributed by atoms with Gasteiger partial charge in [-0.05, 0) is 55.5 Å². The van der Waals surface area contributed by atoms with Gasteiger partial charge in [-0.25, -0.2) is 0 Å². The van der Waals surface area contributed by atoms with E-state index in [9.17, 15) is 4.21 Å². The third-order valence-electron chi connectivity index (χ3n) is 4.31. The summed E-state index contributed by atoms with van der Waals surface area (Å²) in [6.45, 7) is 2.17. The predicted octanol–water partition coefficient (Wildman–Crippen LogP) is 2.73. The number of nitrogens with one attached hydrogen (secondary N) is 1. The quantitative estimate of drug-likeness (QED) is 0.908. The molecule has 0 radical (unpaired) electrons. The standard InChI is InChI=1S/C15H21NOS/c1-3-5-13-15(16-2)12-8-10-6-4-7-11(10)9-14(12)18(13)17/h8-9,13,15-16H,3-7H2,1-2H3. The maximum Gasteiger partial charge on any atom is 0.0589 e. The molecule has 0 spiro atoms. The van der Waals surface area contributed by atoms with Crippen molar-refractivity contribution < 1.29 is 4.21 Å². The highest BCUT2D eigenvalue weighted by atomic mass is 32.2. The second-order valence-electron chi connectivity index (χ2n) is 5.40. The summed E-state index contributed by atoms with van der Waals surface area (Å²) < 4.78 is 12.6. The Kier molecular flexibility index (Phi) is 3.29. The van der Waals surface area contributed by atoms with Crippen LogP contribution < -0.4 is 5.32 Å². The minimum absolute atomic E-state index is 0.262. The first kappa shape index (κ1) is 12.4. The van der Waals surface area contributed by atoms with Crippen LogP contribution in [-0.2, 0) is 23.6 Å². The third kappa shape index (κ3) is 1.76. The summed E-state index contributed by atoms with van der Waals surface area (Å²) in [6, 6.07) is 4.84. The minimum atomic E-state index is -0.820. The predicted molar refractivity (Wildman–Crippen MR) is 75.4 cm³/mol. The van der Waals surface area contributed by atoms with Crippen molar-refractivity contribution in [3.63, 3.8) is 0 Å². The van der Waals surface area contributed by atoms with Crippen LogP contribution in [0.25, 0.3) is 0 Å². The first-order valence-corrected chi connectivity index (χ1v) is 8.21. The molecule has 1 heterocycles. The number of hydrogen-bond donors (Lipinski definition) is 1. The zero-order valence-corrected chi connectivity index (χ0v) is 12.0. The van der Waals surface area contributed by atoms with E-state index >= 15 is 0 Å². The van der Waals surface area contributed by atoms with Crippen LogP contribution in [0.2, 0.25) is 0 Å².